The second-order valence-electron chi connectivity index (χ2n) is 3.02. The number of rotatable bonds is 4. The van der Waals surface area contributed by atoms with Gasteiger partial charge >= 0.3 is 0 Å². The monoisotopic (exact) mass is 220 g/mol. The van der Waals surface area contributed by atoms with E-state index >= 15 is 0 Å². The number of nitrogens with zero attached hydrogens (tertiary/aromatic N) is 1. The zero-order valence-electron chi connectivity index (χ0n) is 8.08. The van der Waals surface area contributed by atoms with Crippen molar-refractivity contribution >= 4 is 29.4 Å². The minimum Gasteiger partial charge on any atom is -0.344 e. The number of carbonyl (C=O) groups is 1. The van der Waals surface area contributed by atoms with Gasteiger partial charge in [-0.2, -0.15) is 11.8 Å². The summed E-state index contributed by atoms with van der Waals surface area (Å²) in [5, 5.41) is 3.18. The van der Waals surface area contributed by atoms with E-state index in [0.29, 0.717) is 0 Å². The molecule has 0 spiro atoms. The lowest BCUT2D eigenvalue weighted by molar-refractivity contribution is -0.131. The summed E-state index contributed by atoms with van der Waals surface area (Å²) >= 11 is 3.56. The molecule has 0 saturated carbocycles. The van der Waals surface area contributed by atoms with Crippen LogP contribution in [0.15, 0.2) is 0 Å². The van der Waals surface area contributed by atoms with Crippen molar-refractivity contribution in [3.63, 3.8) is 0 Å². The van der Waals surface area contributed by atoms with Crippen LogP contribution in [-0.4, -0.2) is 54.1 Å². The zero-order valence-corrected chi connectivity index (χ0v) is 9.71. The number of hydrogen-bond acceptors (Lipinski definition) is 4. The highest BCUT2D eigenvalue weighted by atomic mass is 32.2. The van der Waals surface area contributed by atoms with Crippen LogP contribution in [0.4, 0.5) is 0 Å². The van der Waals surface area contributed by atoms with Gasteiger partial charge in [-0.15, -0.1) is 11.8 Å². The van der Waals surface area contributed by atoms with Gasteiger partial charge in [0, 0.05) is 31.0 Å². The number of thioether (sulfide) groups is 2. The topological polar surface area (TPSA) is 32.3 Å². The molecule has 1 N–H and O–H groups in total. The SMILES string of the molecule is CSCCN(C)C(=O)C1CSCN1. The molecule has 0 bridgehead atoms. The summed E-state index contributed by atoms with van der Waals surface area (Å²) in [6, 6.07) is 0.0526. The molecule has 76 valence electrons. The molecule has 1 fully saturated rings. The van der Waals surface area contributed by atoms with E-state index in [1.54, 1.807) is 23.5 Å². The van der Waals surface area contributed by atoms with Gasteiger partial charge in [-0.3, -0.25) is 10.1 Å². The first-order valence-electron chi connectivity index (χ1n) is 4.30. The van der Waals surface area contributed by atoms with Crippen molar-refractivity contribution in [3.05, 3.63) is 0 Å². The van der Waals surface area contributed by atoms with Crippen molar-refractivity contribution < 1.29 is 4.79 Å². The highest BCUT2D eigenvalue weighted by Gasteiger charge is 2.24. The van der Waals surface area contributed by atoms with Crippen LogP contribution in [-0.2, 0) is 4.79 Å². The summed E-state index contributed by atoms with van der Waals surface area (Å²) in [5.74, 6) is 3.08. The number of likely N-dealkylation sites (N-methyl/N-ethyl adjacent to an activating group) is 1. The van der Waals surface area contributed by atoms with Gasteiger partial charge in [0.25, 0.3) is 0 Å². The van der Waals surface area contributed by atoms with Gasteiger partial charge < -0.3 is 4.90 Å². The van der Waals surface area contributed by atoms with Crippen LogP contribution in [0.1, 0.15) is 0 Å². The lowest BCUT2D eigenvalue weighted by Crippen LogP contribution is -2.43. The summed E-state index contributed by atoms with van der Waals surface area (Å²) in [6.07, 6.45) is 2.06. The number of carbonyl (C=O) groups excluding carboxylic acids is 1. The van der Waals surface area contributed by atoms with Crippen LogP contribution >= 0.6 is 23.5 Å². The van der Waals surface area contributed by atoms with Crippen molar-refractivity contribution in [2.45, 2.75) is 6.04 Å². The second-order valence-corrected chi connectivity index (χ2v) is 5.04. The smallest absolute Gasteiger partial charge is 0.240 e. The predicted octanol–water partition coefficient (Wildman–Crippen LogP) is 0.470. The van der Waals surface area contributed by atoms with E-state index in [4.69, 9.17) is 0 Å². The van der Waals surface area contributed by atoms with Gasteiger partial charge in [-0.25, -0.2) is 0 Å². The highest BCUT2D eigenvalue weighted by Crippen LogP contribution is 2.11. The first kappa shape index (κ1) is 11.2. The quantitative estimate of drug-likeness (QED) is 0.746. The molecule has 1 unspecified atom stereocenters. The molecule has 0 aromatic carbocycles. The molecule has 0 radical (unpaired) electrons. The molecule has 1 rings (SSSR count). The molecule has 3 nitrogen and oxygen atoms in total. The predicted molar refractivity (Wildman–Crippen MR) is 60.3 cm³/mol. The Labute approximate surface area is 88.0 Å². The Kier molecular flexibility index (Phi) is 4.98. The summed E-state index contributed by atoms with van der Waals surface area (Å²) in [6.45, 7) is 0.850. The van der Waals surface area contributed by atoms with Gasteiger partial charge in [0.05, 0.1) is 6.04 Å². The maximum Gasteiger partial charge on any atom is 0.240 e. The van der Waals surface area contributed by atoms with Gasteiger partial charge in [-0.05, 0) is 6.26 Å². The van der Waals surface area contributed by atoms with Crippen molar-refractivity contribution in [1.82, 2.24) is 10.2 Å². The lowest BCUT2D eigenvalue weighted by atomic mass is 10.3. The Bertz CT molecular complexity index is 172. The number of amides is 1. The molecule has 0 aromatic rings. The molecule has 0 aliphatic carbocycles. The van der Waals surface area contributed by atoms with Gasteiger partial charge in [0.2, 0.25) is 5.91 Å². The Balaban J connectivity index is 2.28. The molecule has 13 heavy (non-hydrogen) atoms. The summed E-state index contributed by atoms with van der Waals surface area (Å²) < 4.78 is 0. The van der Waals surface area contributed by atoms with Gasteiger partial charge in [-0.1, -0.05) is 0 Å². The van der Waals surface area contributed by atoms with E-state index in [1.165, 1.54) is 0 Å². The summed E-state index contributed by atoms with van der Waals surface area (Å²) in [4.78, 5) is 13.5. The van der Waals surface area contributed by atoms with Crippen molar-refractivity contribution in [2.24, 2.45) is 0 Å². The van der Waals surface area contributed by atoms with Crippen molar-refractivity contribution in [1.29, 1.82) is 0 Å². The van der Waals surface area contributed by atoms with Crippen LogP contribution < -0.4 is 5.32 Å². The van der Waals surface area contributed by atoms with Crippen LogP contribution in [0.2, 0.25) is 0 Å². The Hall–Kier alpha value is 0.130. The number of hydrogen-bond donors (Lipinski definition) is 1. The van der Waals surface area contributed by atoms with Crippen LogP contribution in [0.5, 0.6) is 0 Å². The third kappa shape index (κ3) is 3.40. The minimum absolute atomic E-state index is 0.0526. The lowest BCUT2D eigenvalue weighted by Gasteiger charge is -2.20. The summed E-state index contributed by atoms with van der Waals surface area (Å²) in [5.41, 5.74) is 0. The van der Waals surface area contributed by atoms with Gasteiger partial charge in [0.1, 0.15) is 0 Å². The molecular formula is C8H16N2OS2. The Morgan fingerprint density at radius 3 is 3.08 bits per heavy atom. The van der Waals surface area contributed by atoms with E-state index in [0.717, 1.165) is 23.9 Å². The highest BCUT2D eigenvalue weighted by molar-refractivity contribution is 7.99. The molecule has 1 atom stereocenters. The molecule has 1 heterocycles. The van der Waals surface area contributed by atoms with Crippen LogP contribution in [0.3, 0.4) is 0 Å². The van der Waals surface area contributed by atoms with Gasteiger partial charge in [0.15, 0.2) is 0 Å². The minimum atomic E-state index is 0.0526. The van der Waals surface area contributed by atoms with E-state index in [2.05, 4.69) is 11.6 Å². The molecule has 1 amide bonds. The summed E-state index contributed by atoms with van der Waals surface area (Å²) in [7, 11) is 1.88. The average Bonchev–Trinajstić information content (AvgIpc) is 2.65. The fourth-order valence-electron chi connectivity index (χ4n) is 1.16. The third-order valence-corrected chi connectivity index (χ3v) is 3.55. The Morgan fingerprint density at radius 2 is 2.54 bits per heavy atom. The first-order valence-corrected chi connectivity index (χ1v) is 6.85. The first-order chi connectivity index (χ1) is 6.25. The average molecular weight is 220 g/mol. The van der Waals surface area contributed by atoms with E-state index in [-0.39, 0.29) is 11.9 Å². The van der Waals surface area contributed by atoms with Crippen LogP contribution in [0, 0.1) is 0 Å². The molecule has 0 aromatic heterocycles. The number of nitrogens with one attached hydrogen (secondary N) is 1. The van der Waals surface area contributed by atoms with E-state index in [9.17, 15) is 4.79 Å². The zero-order chi connectivity index (χ0) is 9.68. The fraction of sp³-hybridized carbons (Fsp3) is 0.875. The molecular weight excluding hydrogens is 204 g/mol. The third-order valence-electron chi connectivity index (χ3n) is 2.02. The molecule has 1 saturated heterocycles. The van der Waals surface area contributed by atoms with Crippen molar-refractivity contribution in [3.8, 4) is 0 Å². The Morgan fingerprint density at radius 1 is 1.77 bits per heavy atom. The van der Waals surface area contributed by atoms with Crippen LogP contribution in [0.25, 0.3) is 0 Å². The molecule has 1 aliphatic rings. The standard InChI is InChI=1S/C8H16N2OS2/c1-10(3-4-12-2)8(11)7-5-13-6-9-7/h7,9H,3-6H2,1-2H3. The normalized spacial score (nSPS) is 21.8. The van der Waals surface area contributed by atoms with E-state index < -0.39 is 0 Å². The maximum atomic E-state index is 11.7. The van der Waals surface area contributed by atoms with Crippen molar-refractivity contribution in [2.75, 3.05) is 37.2 Å². The molecule has 5 heteroatoms. The molecule has 1 aliphatic heterocycles. The second kappa shape index (κ2) is 5.78. The largest absolute Gasteiger partial charge is 0.344 e. The van der Waals surface area contributed by atoms with E-state index in [1.807, 2.05) is 11.9 Å². The maximum absolute atomic E-state index is 11.7. The fourth-order valence-corrected chi connectivity index (χ4v) is 2.55.